The predicted octanol–water partition coefficient (Wildman–Crippen LogP) is 5.06. The van der Waals surface area contributed by atoms with Crippen molar-refractivity contribution in [1.82, 2.24) is 0 Å². The number of hydrogen-bond donors (Lipinski definition) is 1. The minimum Gasteiger partial charge on any atom is -0.457 e. The van der Waals surface area contributed by atoms with Gasteiger partial charge in [0.05, 0.1) is 6.61 Å². The van der Waals surface area contributed by atoms with Crippen LogP contribution in [0, 0.1) is 6.92 Å². The van der Waals surface area contributed by atoms with Crippen molar-refractivity contribution in [2.75, 3.05) is 0 Å². The van der Waals surface area contributed by atoms with Crippen LogP contribution in [-0.2, 0) is 6.61 Å². The van der Waals surface area contributed by atoms with Gasteiger partial charge < -0.3 is 9.84 Å². The Labute approximate surface area is 125 Å². The Bertz CT molecular complexity index is 606. The number of aliphatic hydroxyl groups is 1. The lowest BCUT2D eigenvalue weighted by Gasteiger charge is -2.14. The summed E-state index contributed by atoms with van der Waals surface area (Å²) in [6.07, 6.45) is 0. The molecule has 0 fully saturated rings. The largest absolute Gasteiger partial charge is 0.457 e. The summed E-state index contributed by atoms with van der Waals surface area (Å²) in [5.41, 5.74) is 3.00. The van der Waals surface area contributed by atoms with Gasteiger partial charge >= 0.3 is 0 Å². The summed E-state index contributed by atoms with van der Waals surface area (Å²) in [6, 6.07) is 11.5. The number of aryl methyl sites for hydroxylation is 1. The fraction of sp³-hybridized carbons (Fsp3) is 0.294. The molecule has 0 heterocycles. The molecule has 0 aliphatic heterocycles. The molecule has 0 spiro atoms. The third-order valence-electron chi connectivity index (χ3n) is 3.30. The molecule has 1 N–H and O–H groups in total. The van der Waals surface area contributed by atoms with Crippen molar-refractivity contribution in [3.8, 4) is 11.5 Å². The van der Waals surface area contributed by atoms with E-state index in [1.165, 1.54) is 5.56 Å². The number of ether oxygens (including phenoxy) is 1. The summed E-state index contributed by atoms with van der Waals surface area (Å²) in [5, 5.41) is 9.97. The Hall–Kier alpha value is -1.51. The summed E-state index contributed by atoms with van der Waals surface area (Å²) in [6.45, 7) is 6.22. The molecule has 0 unspecified atom stereocenters. The third-order valence-corrected chi connectivity index (χ3v) is 3.53. The van der Waals surface area contributed by atoms with E-state index in [2.05, 4.69) is 19.9 Å². The molecule has 0 saturated heterocycles. The quantitative estimate of drug-likeness (QED) is 0.853. The molecule has 2 aromatic carbocycles. The molecule has 0 radical (unpaired) electrons. The molecule has 0 aliphatic rings. The van der Waals surface area contributed by atoms with Crippen molar-refractivity contribution in [2.45, 2.75) is 33.3 Å². The second kappa shape index (κ2) is 6.29. The van der Waals surface area contributed by atoms with Crippen molar-refractivity contribution >= 4 is 11.6 Å². The Balaban J connectivity index is 2.39. The molecule has 0 saturated carbocycles. The molecular formula is C17H19ClO2. The van der Waals surface area contributed by atoms with Crippen LogP contribution in [0.25, 0.3) is 0 Å². The maximum Gasteiger partial charge on any atom is 0.134 e. The number of rotatable bonds is 4. The molecule has 3 heteroatoms. The van der Waals surface area contributed by atoms with E-state index < -0.39 is 0 Å². The van der Waals surface area contributed by atoms with Gasteiger partial charge in [-0.1, -0.05) is 43.6 Å². The Morgan fingerprint density at radius 2 is 1.85 bits per heavy atom. The van der Waals surface area contributed by atoms with Crippen molar-refractivity contribution in [1.29, 1.82) is 0 Å². The van der Waals surface area contributed by atoms with E-state index >= 15 is 0 Å². The number of halogens is 1. The highest BCUT2D eigenvalue weighted by atomic mass is 35.5. The number of aliphatic hydroxyl groups excluding tert-OH is 1. The smallest absolute Gasteiger partial charge is 0.134 e. The molecular weight excluding hydrogens is 272 g/mol. The predicted molar refractivity (Wildman–Crippen MR) is 82.7 cm³/mol. The maximum absolute atomic E-state index is 9.38. The second-order valence-electron chi connectivity index (χ2n) is 5.19. The van der Waals surface area contributed by atoms with Crippen molar-refractivity contribution in [3.63, 3.8) is 0 Å². The normalized spacial score (nSPS) is 10.9. The topological polar surface area (TPSA) is 29.5 Å². The van der Waals surface area contributed by atoms with Gasteiger partial charge in [-0.25, -0.2) is 0 Å². The molecule has 0 atom stereocenters. The van der Waals surface area contributed by atoms with Crippen LogP contribution in [-0.4, -0.2) is 5.11 Å². The first-order chi connectivity index (χ1) is 9.51. The molecule has 106 valence electrons. The molecule has 2 nitrogen and oxygen atoms in total. The van der Waals surface area contributed by atoms with Gasteiger partial charge in [0.2, 0.25) is 0 Å². The molecule has 20 heavy (non-hydrogen) atoms. The molecule has 2 aromatic rings. The highest BCUT2D eigenvalue weighted by molar-refractivity contribution is 6.30. The van der Waals surface area contributed by atoms with E-state index in [0.717, 1.165) is 16.9 Å². The average Bonchev–Trinajstić information content (AvgIpc) is 2.41. The van der Waals surface area contributed by atoms with Gasteiger partial charge in [-0.15, -0.1) is 0 Å². The molecule has 0 bridgehead atoms. The van der Waals surface area contributed by atoms with Crippen LogP contribution in [0.3, 0.4) is 0 Å². The van der Waals surface area contributed by atoms with Gasteiger partial charge in [0, 0.05) is 10.6 Å². The van der Waals surface area contributed by atoms with Gasteiger partial charge in [0.25, 0.3) is 0 Å². The van der Waals surface area contributed by atoms with Crippen LogP contribution in [0.1, 0.15) is 36.5 Å². The van der Waals surface area contributed by atoms with E-state index in [4.69, 9.17) is 16.3 Å². The van der Waals surface area contributed by atoms with E-state index in [1.807, 2.05) is 19.1 Å². The van der Waals surface area contributed by atoms with Gasteiger partial charge in [-0.2, -0.15) is 0 Å². The highest BCUT2D eigenvalue weighted by Crippen LogP contribution is 2.32. The summed E-state index contributed by atoms with van der Waals surface area (Å²) >= 11 is 6.00. The zero-order valence-electron chi connectivity index (χ0n) is 12.0. The summed E-state index contributed by atoms with van der Waals surface area (Å²) in [4.78, 5) is 0. The maximum atomic E-state index is 9.38. The molecule has 2 rings (SSSR count). The fourth-order valence-electron chi connectivity index (χ4n) is 1.96. The van der Waals surface area contributed by atoms with Crippen LogP contribution in [0.4, 0.5) is 0 Å². The van der Waals surface area contributed by atoms with E-state index in [0.29, 0.717) is 16.7 Å². The summed E-state index contributed by atoms with van der Waals surface area (Å²) < 4.78 is 5.96. The van der Waals surface area contributed by atoms with Gasteiger partial charge in [-0.05, 0) is 42.2 Å². The fourth-order valence-corrected chi connectivity index (χ4v) is 2.12. The van der Waals surface area contributed by atoms with Crippen molar-refractivity contribution in [2.24, 2.45) is 0 Å². The Morgan fingerprint density at radius 1 is 1.10 bits per heavy atom. The van der Waals surface area contributed by atoms with Crippen LogP contribution in [0.5, 0.6) is 11.5 Å². The molecule has 0 aromatic heterocycles. The van der Waals surface area contributed by atoms with E-state index in [1.54, 1.807) is 18.2 Å². The van der Waals surface area contributed by atoms with Crippen LogP contribution < -0.4 is 4.74 Å². The zero-order chi connectivity index (χ0) is 14.7. The zero-order valence-corrected chi connectivity index (χ0v) is 12.7. The summed E-state index contributed by atoms with van der Waals surface area (Å²) in [7, 11) is 0. The highest BCUT2D eigenvalue weighted by Gasteiger charge is 2.09. The SMILES string of the molecule is Cc1ccc(C(C)C)cc1Oc1cc(Cl)ccc1CO. The minimum absolute atomic E-state index is 0.0740. The van der Waals surface area contributed by atoms with Crippen molar-refractivity contribution in [3.05, 3.63) is 58.1 Å². The van der Waals surface area contributed by atoms with Crippen LogP contribution in [0.15, 0.2) is 36.4 Å². The lowest BCUT2D eigenvalue weighted by molar-refractivity contribution is 0.276. The standard InChI is InChI=1S/C17H19ClO2/c1-11(2)13-5-4-12(3)16(8-13)20-17-9-15(18)7-6-14(17)10-19/h4-9,11,19H,10H2,1-3H3. The summed E-state index contributed by atoms with van der Waals surface area (Å²) in [5.74, 6) is 1.84. The monoisotopic (exact) mass is 290 g/mol. The third kappa shape index (κ3) is 3.33. The first kappa shape index (κ1) is 14.9. The first-order valence-corrected chi connectivity index (χ1v) is 7.06. The van der Waals surface area contributed by atoms with Crippen LogP contribution in [0.2, 0.25) is 5.02 Å². The lowest BCUT2D eigenvalue weighted by Crippen LogP contribution is -1.95. The van der Waals surface area contributed by atoms with Crippen LogP contribution >= 0.6 is 11.6 Å². The van der Waals surface area contributed by atoms with Gasteiger partial charge in [0.15, 0.2) is 0 Å². The average molecular weight is 291 g/mol. The minimum atomic E-state index is -0.0740. The van der Waals surface area contributed by atoms with Gasteiger partial charge in [0.1, 0.15) is 11.5 Å². The lowest BCUT2D eigenvalue weighted by atomic mass is 10.0. The van der Waals surface area contributed by atoms with E-state index in [-0.39, 0.29) is 6.61 Å². The first-order valence-electron chi connectivity index (χ1n) is 6.69. The Morgan fingerprint density at radius 3 is 2.50 bits per heavy atom. The van der Waals surface area contributed by atoms with Gasteiger partial charge in [-0.3, -0.25) is 0 Å². The molecule has 0 amide bonds. The van der Waals surface area contributed by atoms with E-state index in [9.17, 15) is 5.11 Å². The number of benzene rings is 2. The van der Waals surface area contributed by atoms with Crippen molar-refractivity contribution < 1.29 is 9.84 Å². The molecule has 0 aliphatic carbocycles. The Kier molecular flexibility index (Phi) is 4.69. The number of hydrogen-bond acceptors (Lipinski definition) is 2. The second-order valence-corrected chi connectivity index (χ2v) is 5.63.